The Morgan fingerprint density at radius 2 is 1.96 bits per heavy atom. The Bertz CT molecular complexity index is 645. The molecule has 0 aliphatic carbocycles. The Morgan fingerprint density at radius 1 is 1.22 bits per heavy atom. The first-order valence-electron chi connectivity index (χ1n) is 8.31. The molecule has 1 aliphatic rings. The molecule has 122 valence electrons. The van der Waals surface area contributed by atoms with Gasteiger partial charge in [-0.05, 0) is 50.0 Å². The molecule has 1 aromatic heterocycles. The number of aromatic nitrogens is 1. The number of thiazole rings is 1. The van der Waals surface area contributed by atoms with Gasteiger partial charge in [0.1, 0.15) is 0 Å². The third-order valence-corrected chi connectivity index (χ3v) is 5.04. The predicted molar refractivity (Wildman–Crippen MR) is 95.0 cm³/mol. The van der Waals surface area contributed by atoms with E-state index in [0.717, 1.165) is 31.7 Å². The third kappa shape index (κ3) is 4.39. The minimum atomic E-state index is -0.0912. The van der Waals surface area contributed by atoms with Crippen LogP contribution in [-0.2, 0) is 13.0 Å². The van der Waals surface area contributed by atoms with Gasteiger partial charge in [0.05, 0.1) is 5.69 Å². The molecule has 1 aliphatic heterocycles. The van der Waals surface area contributed by atoms with Crippen LogP contribution in [0, 0.1) is 0 Å². The normalized spacial score (nSPS) is 15.5. The van der Waals surface area contributed by atoms with Gasteiger partial charge in [-0.15, -0.1) is 11.3 Å². The molecule has 0 bridgehead atoms. The van der Waals surface area contributed by atoms with Gasteiger partial charge >= 0.3 is 0 Å². The molecule has 2 aromatic rings. The number of amides is 1. The lowest BCUT2D eigenvalue weighted by atomic mass is 10.1. The molecule has 23 heavy (non-hydrogen) atoms. The van der Waals surface area contributed by atoms with Crippen LogP contribution in [0.3, 0.4) is 0 Å². The fourth-order valence-electron chi connectivity index (χ4n) is 2.84. The highest BCUT2D eigenvalue weighted by molar-refractivity contribution is 7.13. The van der Waals surface area contributed by atoms with Crippen LogP contribution in [0.5, 0.6) is 0 Å². The maximum atomic E-state index is 12.3. The number of rotatable bonds is 5. The van der Waals surface area contributed by atoms with Crippen molar-refractivity contribution in [2.75, 3.05) is 18.4 Å². The summed E-state index contributed by atoms with van der Waals surface area (Å²) in [6.45, 7) is 5.30. The number of anilines is 1. The summed E-state index contributed by atoms with van der Waals surface area (Å²) < 4.78 is 0. The van der Waals surface area contributed by atoms with E-state index in [1.165, 1.54) is 36.2 Å². The number of nitrogens with one attached hydrogen (secondary N) is 1. The van der Waals surface area contributed by atoms with Crippen LogP contribution < -0.4 is 5.32 Å². The van der Waals surface area contributed by atoms with E-state index in [0.29, 0.717) is 10.7 Å². The van der Waals surface area contributed by atoms with Crippen LogP contribution in [0.15, 0.2) is 29.6 Å². The molecular weight excluding hydrogens is 306 g/mol. The fourth-order valence-corrected chi connectivity index (χ4v) is 3.54. The van der Waals surface area contributed by atoms with Crippen molar-refractivity contribution in [2.24, 2.45) is 0 Å². The maximum absolute atomic E-state index is 12.3. The lowest BCUT2D eigenvalue weighted by Gasteiger charge is -2.25. The van der Waals surface area contributed by atoms with Gasteiger partial charge in [-0.3, -0.25) is 15.0 Å². The number of hydrogen-bond acceptors (Lipinski definition) is 4. The number of hydrogen-bond donors (Lipinski definition) is 1. The van der Waals surface area contributed by atoms with Crippen molar-refractivity contribution in [3.05, 3.63) is 46.5 Å². The van der Waals surface area contributed by atoms with Gasteiger partial charge in [-0.2, -0.15) is 0 Å². The summed E-state index contributed by atoms with van der Waals surface area (Å²) in [5, 5.41) is 5.63. The van der Waals surface area contributed by atoms with Crippen LogP contribution >= 0.6 is 11.3 Å². The SMILES string of the molecule is CCc1ccc(C(=O)Nc2nc(CN3CCCCC3)cs2)cc1. The molecule has 4 nitrogen and oxygen atoms in total. The fraction of sp³-hybridized carbons (Fsp3) is 0.444. The zero-order chi connectivity index (χ0) is 16.1. The van der Waals surface area contributed by atoms with Gasteiger partial charge in [-0.25, -0.2) is 4.98 Å². The molecule has 0 saturated carbocycles. The molecule has 0 radical (unpaired) electrons. The molecule has 5 heteroatoms. The van der Waals surface area contributed by atoms with Crippen molar-refractivity contribution < 1.29 is 4.79 Å². The van der Waals surface area contributed by atoms with Crippen LogP contribution in [0.4, 0.5) is 5.13 Å². The van der Waals surface area contributed by atoms with Crippen LogP contribution in [-0.4, -0.2) is 28.9 Å². The molecule has 0 atom stereocenters. The number of likely N-dealkylation sites (tertiary alicyclic amines) is 1. The minimum absolute atomic E-state index is 0.0912. The zero-order valence-corrected chi connectivity index (χ0v) is 14.4. The van der Waals surface area contributed by atoms with E-state index >= 15 is 0 Å². The average Bonchev–Trinajstić information content (AvgIpc) is 3.02. The first-order valence-corrected chi connectivity index (χ1v) is 9.19. The van der Waals surface area contributed by atoms with Crippen molar-refractivity contribution in [1.82, 2.24) is 9.88 Å². The van der Waals surface area contributed by atoms with E-state index in [4.69, 9.17) is 0 Å². The van der Waals surface area contributed by atoms with Gasteiger partial charge < -0.3 is 0 Å². The number of carbonyl (C=O) groups is 1. The summed E-state index contributed by atoms with van der Waals surface area (Å²) in [4.78, 5) is 19.2. The molecule has 1 N–H and O–H groups in total. The highest BCUT2D eigenvalue weighted by atomic mass is 32.1. The molecule has 2 heterocycles. The Morgan fingerprint density at radius 3 is 2.65 bits per heavy atom. The average molecular weight is 329 g/mol. The van der Waals surface area contributed by atoms with E-state index < -0.39 is 0 Å². The third-order valence-electron chi connectivity index (χ3n) is 4.23. The largest absolute Gasteiger partial charge is 0.298 e. The zero-order valence-electron chi connectivity index (χ0n) is 13.5. The Kier molecular flexibility index (Phi) is 5.41. The molecule has 0 spiro atoms. The highest BCUT2D eigenvalue weighted by Crippen LogP contribution is 2.19. The predicted octanol–water partition coefficient (Wildman–Crippen LogP) is 3.94. The highest BCUT2D eigenvalue weighted by Gasteiger charge is 2.13. The standard InChI is InChI=1S/C18H23N3OS/c1-2-14-6-8-15(9-7-14)17(22)20-18-19-16(13-23-18)12-21-10-4-3-5-11-21/h6-9,13H,2-5,10-12H2,1H3,(H,19,20,22). The Balaban J connectivity index is 1.58. The summed E-state index contributed by atoms with van der Waals surface area (Å²) in [6, 6.07) is 7.74. The molecule has 1 aromatic carbocycles. The number of aryl methyl sites for hydroxylation is 1. The Hall–Kier alpha value is -1.72. The second kappa shape index (κ2) is 7.70. The van der Waals surface area contributed by atoms with Gasteiger partial charge in [0.2, 0.25) is 0 Å². The molecular formula is C18H23N3OS. The minimum Gasteiger partial charge on any atom is -0.298 e. The lowest BCUT2D eigenvalue weighted by Crippen LogP contribution is -2.29. The Labute approximate surface area is 141 Å². The number of nitrogens with zero attached hydrogens (tertiary/aromatic N) is 2. The first-order chi connectivity index (χ1) is 11.2. The van der Waals surface area contributed by atoms with Crippen molar-refractivity contribution in [2.45, 2.75) is 39.2 Å². The second-order valence-electron chi connectivity index (χ2n) is 5.99. The van der Waals surface area contributed by atoms with Crippen molar-refractivity contribution in [3.8, 4) is 0 Å². The van der Waals surface area contributed by atoms with Crippen molar-refractivity contribution in [3.63, 3.8) is 0 Å². The van der Waals surface area contributed by atoms with Gasteiger partial charge in [0.25, 0.3) is 5.91 Å². The summed E-state index contributed by atoms with van der Waals surface area (Å²) in [6.07, 6.45) is 4.88. The van der Waals surface area contributed by atoms with Crippen LogP contribution in [0.1, 0.15) is 47.8 Å². The van der Waals surface area contributed by atoms with E-state index in [-0.39, 0.29) is 5.91 Å². The van der Waals surface area contributed by atoms with E-state index in [2.05, 4.69) is 22.1 Å². The molecule has 3 rings (SSSR count). The van der Waals surface area contributed by atoms with Crippen LogP contribution in [0.25, 0.3) is 0 Å². The molecule has 1 fully saturated rings. The maximum Gasteiger partial charge on any atom is 0.257 e. The summed E-state index contributed by atoms with van der Waals surface area (Å²) in [7, 11) is 0. The van der Waals surface area contributed by atoms with Gasteiger partial charge in [0, 0.05) is 17.5 Å². The lowest BCUT2D eigenvalue weighted by molar-refractivity contribution is 0.102. The number of benzene rings is 1. The quantitative estimate of drug-likeness (QED) is 0.903. The van der Waals surface area contributed by atoms with E-state index in [9.17, 15) is 4.79 Å². The smallest absolute Gasteiger partial charge is 0.257 e. The summed E-state index contributed by atoms with van der Waals surface area (Å²) in [5.41, 5.74) is 2.96. The summed E-state index contributed by atoms with van der Waals surface area (Å²) >= 11 is 1.50. The van der Waals surface area contributed by atoms with Crippen molar-refractivity contribution in [1.29, 1.82) is 0 Å². The van der Waals surface area contributed by atoms with Crippen LogP contribution in [0.2, 0.25) is 0 Å². The molecule has 1 saturated heterocycles. The van der Waals surface area contributed by atoms with Gasteiger partial charge in [-0.1, -0.05) is 25.5 Å². The number of carbonyl (C=O) groups excluding carboxylic acids is 1. The first kappa shape index (κ1) is 16.1. The monoisotopic (exact) mass is 329 g/mol. The van der Waals surface area contributed by atoms with E-state index in [1.807, 2.05) is 29.6 Å². The summed E-state index contributed by atoms with van der Waals surface area (Å²) in [5.74, 6) is -0.0912. The second-order valence-corrected chi connectivity index (χ2v) is 6.84. The van der Waals surface area contributed by atoms with Crippen molar-refractivity contribution >= 4 is 22.4 Å². The topological polar surface area (TPSA) is 45.2 Å². The number of piperidine rings is 1. The van der Waals surface area contributed by atoms with E-state index in [1.54, 1.807) is 0 Å². The molecule has 1 amide bonds. The van der Waals surface area contributed by atoms with Gasteiger partial charge in [0.15, 0.2) is 5.13 Å². The molecule has 0 unspecified atom stereocenters.